The second-order valence-electron chi connectivity index (χ2n) is 13.4. The van der Waals surface area contributed by atoms with Gasteiger partial charge in [0.1, 0.15) is 35.4 Å². The second kappa shape index (κ2) is 12.2. The van der Waals surface area contributed by atoms with Gasteiger partial charge in [0, 0.05) is 48.9 Å². The van der Waals surface area contributed by atoms with E-state index in [4.69, 9.17) is 24.5 Å². The molecule has 2 saturated heterocycles. The molecule has 0 radical (unpaired) electrons. The number of amides is 1. The van der Waals surface area contributed by atoms with Crippen molar-refractivity contribution in [3.05, 3.63) is 84.6 Å². The fourth-order valence-electron chi connectivity index (χ4n) is 6.12. The van der Waals surface area contributed by atoms with E-state index in [0.29, 0.717) is 48.7 Å². The normalized spacial score (nSPS) is 17.5. The van der Waals surface area contributed by atoms with Gasteiger partial charge in [-0.15, -0.1) is 5.10 Å². The lowest BCUT2D eigenvalue weighted by Gasteiger charge is -2.36. The van der Waals surface area contributed by atoms with Crippen LogP contribution in [0.15, 0.2) is 73.2 Å². The molecule has 1 amide bonds. The number of nitrogens with one attached hydrogen (secondary N) is 1. The predicted octanol–water partition coefficient (Wildman–Crippen LogP) is 6.25. The lowest BCUT2D eigenvalue weighted by molar-refractivity contribution is 0.0214. The molecule has 0 spiro atoms. The van der Waals surface area contributed by atoms with Gasteiger partial charge in [0.05, 0.1) is 23.8 Å². The Morgan fingerprint density at radius 3 is 2.51 bits per heavy atom. The smallest absolute Gasteiger partial charge is 0.410 e. The third kappa shape index (κ3) is 6.40. The van der Waals surface area contributed by atoms with Crippen molar-refractivity contribution in [2.24, 2.45) is 0 Å². The molecule has 47 heavy (non-hydrogen) atoms. The van der Waals surface area contributed by atoms with E-state index in [2.05, 4.69) is 34.0 Å². The summed E-state index contributed by atoms with van der Waals surface area (Å²) in [5.74, 6) is 4.17. The van der Waals surface area contributed by atoms with Crippen molar-refractivity contribution >= 4 is 34.4 Å². The van der Waals surface area contributed by atoms with Crippen molar-refractivity contribution < 1.29 is 14.3 Å². The van der Waals surface area contributed by atoms with Crippen LogP contribution in [-0.2, 0) is 11.3 Å². The lowest BCUT2D eigenvalue weighted by Crippen LogP contribution is -2.50. The molecule has 2 aliphatic heterocycles. The van der Waals surface area contributed by atoms with Gasteiger partial charge in [-0.3, -0.25) is 4.98 Å². The van der Waals surface area contributed by atoms with Crippen LogP contribution in [0, 0.1) is 0 Å². The van der Waals surface area contributed by atoms with Crippen molar-refractivity contribution in [3.63, 3.8) is 0 Å². The fraction of sp³-hybridized carbons (Fsp3) is 0.371. The summed E-state index contributed by atoms with van der Waals surface area (Å²) in [7, 11) is 0. The van der Waals surface area contributed by atoms with Gasteiger partial charge in [-0.05, 0) is 44.9 Å². The van der Waals surface area contributed by atoms with Crippen LogP contribution in [0.4, 0.5) is 22.2 Å². The highest BCUT2D eigenvalue weighted by Crippen LogP contribution is 2.37. The Bertz CT molecular complexity index is 1890. The van der Waals surface area contributed by atoms with E-state index in [9.17, 15) is 4.79 Å². The van der Waals surface area contributed by atoms with Crippen LogP contribution in [0.3, 0.4) is 0 Å². The molecule has 0 unspecified atom stereocenters. The highest BCUT2D eigenvalue weighted by Gasteiger charge is 2.47. The summed E-state index contributed by atoms with van der Waals surface area (Å²) < 4.78 is 13.7. The number of carbonyl (C=O) groups is 1. The number of hydrogen-bond acceptors (Lipinski definition) is 10. The van der Waals surface area contributed by atoms with Gasteiger partial charge < -0.3 is 24.6 Å². The average molecular weight is 634 g/mol. The van der Waals surface area contributed by atoms with Gasteiger partial charge >= 0.3 is 6.09 Å². The summed E-state index contributed by atoms with van der Waals surface area (Å²) >= 11 is 0. The van der Waals surface area contributed by atoms with Gasteiger partial charge in [-0.1, -0.05) is 44.2 Å². The lowest BCUT2D eigenvalue weighted by atomic mass is 10.2. The molecule has 2 aliphatic rings. The molecule has 5 aromatic rings. The Kier molecular flexibility index (Phi) is 7.86. The molecule has 2 bridgehead atoms. The van der Waals surface area contributed by atoms with Crippen molar-refractivity contribution in [2.75, 3.05) is 23.3 Å². The van der Waals surface area contributed by atoms with Gasteiger partial charge in [0.15, 0.2) is 11.6 Å². The van der Waals surface area contributed by atoms with Crippen LogP contribution < -0.4 is 15.0 Å². The van der Waals surface area contributed by atoms with Crippen LogP contribution in [0.1, 0.15) is 58.3 Å². The number of ether oxygens (including phenoxy) is 2. The van der Waals surface area contributed by atoms with Crippen molar-refractivity contribution in [1.29, 1.82) is 0 Å². The summed E-state index contributed by atoms with van der Waals surface area (Å²) in [6, 6.07) is 18.2. The maximum atomic E-state index is 12.9. The summed E-state index contributed by atoms with van der Waals surface area (Å²) in [4.78, 5) is 35.7. The fourth-order valence-corrected chi connectivity index (χ4v) is 6.12. The van der Waals surface area contributed by atoms with E-state index < -0.39 is 5.60 Å². The Labute approximate surface area is 273 Å². The van der Waals surface area contributed by atoms with Crippen LogP contribution >= 0.6 is 0 Å². The highest BCUT2D eigenvalue weighted by atomic mass is 16.6. The highest BCUT2D eigenvalue weighted by molar-refractivity contribution is 5.93. The molecule has 1 N–H and O–H groups in total. The Hall–Kier alpha value is -5.26. The van der Waals surface area contributed by atoms with Gasteiger partial charge in [-0.25, -0.2) is 24.4 Å². The molecule has 0 aliphatic carbocycles. The van der Waals surface area contributed by atoms with E-state index in [1.807, 2.05) is 85.0 Å². The third-order valence-corrected chi connectivity index (χ3v) is 8.32. The van der Waals surface area contributed by atoms with Crippen molar-refractivity contribution in [1.82, 2.24) is 34.6 Å². The first-order valence-corrected chi connectivity index (χ1v) is 16.0. The molecule has 12 heteroatoms. The number of fused-ring (bicyclic) bond motifs is 3. The first-order valence-electron chi connectivity index (χ1n) is 16.0. The summed E-state index contributed by atoms with van der Waals surface area (Å²) in [5.41, 5.74) is 1.37. The molecule has 2 aromatic carbocycles. The van der Waals surface area contributed by atoms with Gasteiger partial charge in [0.25, 0.3) is 0 Å². The zero-order chi connectivity index (χ0) is 32.7. The zero-order valence-corrected chi connectivity index (χ0v) is 27.3. The van der Waals surface area contributed by atoms with Crippen LogP contribution in [0.25, 0.3) is 16.7 Å². The number of likely N-dealkylation sites (tertiary alicyclic amines) is 1. The largest absolute Gasteiger partial charge is 0.489 e. The number of nitrogens with zero attached hydrogens (tertiary/aromatic N) is 8. The minimum atomic E-state index is -0.536. The Balaban J connectivity index is 1.24. The summed E-state index contributed by atoms with van der Waals surface area (Å²) in [6.45, 7) is 11.6. The van der Waals surface area contributed by atoms with Crippen molar-refractivity contribution in [2.45, 2.75) is 71.2 Å². The molecule has 242 valence electrons. The molecular formula is C35H39N9O3. The van der Waals surface area contributed by atoms with Crippen LogP contribution in [-0.4, -0.2) is 71.5 Å². The summed E-state index contributed by atoms with van der Waals surface area (Å²) in [6.07, 6.45) is 5.54. The predicted molar refractivity (Wildman–Crippen MR) is 179 cm³/mol. The zero-order valence-electron chi connectivity index (χ0n) is 27.3. The van der Waals surface area contributed by atoms with E-state index >= 15 is 0 Å². The quantitative estimate of drug-likeness (QED) is 0.210. The monoisotopic (exact) mass is 633 g/mol. The number of hydrogen-bond donors (Lipinski definition) is 1. The SMILES string of the molecule is CC(C)c1nc(N2C[C@@H]3C[C@H]2CN3C(=O)OC(C)(C)C)cc(-n2nc(Nc3cnccn3)c3ccc(OCc4ccccc4)cc32)n1. The average Bonchev–Trinajstić information content (AvgIpc) is 3.77. The Morgan fingerprint density at radius 1 is 1.00 bits per heavy atom. The summed E-state index contributed by atoms with van der Waals surface area (Å²) in [5, 5.41) is 9.21. The van der Waals surface area contributed by atoms with E-state index in [1.54, 1.807) is 18.6 Å². The topological polar surface area (TPSA) is 123 Å². The molecule has 0 saturated carbocycles. The molecule has 2 atom stereocenters. The van der Waals surface area contributed by atoms with Crippen LogP contribution in [0.5, 0.6) is 5.75 Å². The minimum absolute atomic E-state index is 0.0633. The van der Waals surface area contributed by atoms with E-state index in [0.717, 1.165) is 28.7 Å². The first-order chi connectivity index (χ1) is 22.6. The molecule has 5 heterocycles. The molecule has 3 aromatic heterocycles. The molecule has 7 rings (SSSR count). The molecular weight excluding hydrogens is 594 g/mol. The number of anilines is 3. The number of carbonyl (C=O) groups excluding carboxylic acids is 1. The Morgan fingerprint density at radius 2 is 1.81 bits per heavy atom. The van der Waals surface area contributed by atoms with Gasteiger partial charge in [0.2, 0.25) is 0 Å². The number of benzene rings is 2. The standard InChI is InChI=1S/C35H39N9O3/c1-22(2)32-39-30(42-19-25-15-24(42)20-43(25)34(45)47-35(3,4)5)17-31(40-32)44-28-16-26(46-21-23-9-7-6-8-10-23)11-12-27(28)33(41-44)38-29-18-36-13-14-37-29/h6-14,16-18,22,24-25H,15,19-21H2,1-5H3,(H,37,38,41)/t24-,25-/m0/s1. The van der Waals surface area contributed by atoms with Crippen LogP contribution in [0.2, 0.25) is 0 Å². The molecule has 2 fully saturated rings. The maximum absolute atomic E-state index is 12.9. The third-order valence-electron chi connectivity index (χ3n) is 8.32. The maximum Gasteiger partial charge on any atom is 0.410 e. The number of rotatable bonds is 8. The molecule has 12 nitrogen and oxygen atoms in total. The van der Waals surface area contributed by atoms with E-state index in [-0.39, 0.29) is 24.1 Å². The van der Waals surface area contributed by atoms with Crippen molar-refractivity contribution in [3.8, 4) is 11.6 Å². The van der Waals surface area contributed by atoms with Gasteiger partial charge in [-0.2, -0.15) is 0 Å². The minimum Gasteiger partial charge on any atom is -0.489 e. The number of aromatic nitrogens is 6. The second-order valence-corrected chi connectivity index (χ2v) is 13.4. The van der Waals surface area contributed by atoms with E-state index in [1.165, 1.54) is 0 Å². The number of piperazine rings is 1. The first kappa shape index (κ1) is 30.4.